The zero-order valence-electron chi connectivity index (χ0n) is 9.03. The number of carbonyl (C=O) groups excluding carboxylic acids is 1. The van der Waals surface area contributed by atoms with E-state index in [1.54, 1.807) is 12.2 Å². The molecule has 0 aromatic rings. The minimum absolute atomic E-state index is 0.268. The molecule has 0 amide bonds. The summed E-state index contributed by atoms with van der Waals surface area (Å²) in [6, 6.07) is 0. The molecule has 0 unspecified atom stereocenters. The fourth-order valence-electron chi connectivity index (χ4n) is 1.45. The van der Waals surface area contributed by atoms with Gasteiger partial charge in [-0.25, -0.2) is 4.79 Å². The number of allylic oxidation sites excluding steroid dienone is 3. The molecule has 82 valence electrons. The minimum atomic E-state index is -0.463. The van der Waals surface area contributed by atoms with Gasteiger partial charge < -0.3 is 14.6 Å². The molecule has 0 aliphatic heterocycles. The molecule has 15 heavy (non-hydrogen) atoms. The molecule has 0 atom stereocenters. The van der Waals surface area contributed by atoms with Crippen LogP contribution in [0.3, 0.4) is 0 Å². The third kappa shape index (κ3) is 2.03. The van der Waals surface area contributed by atoms with E-state index in [-0.39, 0.29) is 5.95 Å². The number of aliphatic hydroxyl groups excluding tert-OH is 1. The van der Waals surface area contributed by atoms with Crippen LogP contribution < -0.4 is 0 Å². The van der Waals surface area contributed by atoms with Gasteiger partial charge in [0.2, 0.25) is 0 Å². The van der Waals surface area contributed by atoms with Gasteiger partial charge in [0.1, 0.15) is 0 Å². The number of esters is 1. The molecule has 1 rings (SSSR count). The van der Waals surface area contributed by atoms with Crippen LogP contribution in [0, 0.1) is 0 Å². The molecule has 4 heteroatoms. The van der Waals surface area contributed by atoms with Crippen LogP contribution in [0.2, 0.25) is 0 Å². The highest BCUT2D eigenvalue weighted by molar-refractivity contribution is 5.97. The van der Waals surface area contributed by atoms with Gasteiger partial charge in [-0.05, 0) is 18.1 Å². The number of ether oxygens (including phenoxy) is 2. The van der Waals surface area contributed by atoms with E-state index in [0.29, 0.717) is 17.6 Å². The lowest BCUT2D eigenvalue weighted by atomic mass is 10.1. The van der Waals surface area contributed by atoms with Crippen molar-refractivity contribution in [1.82, 2.24) is 0 Å². The molecule has 0 saturated heterocycles. The Morgan fingerprint density at radius 1 is 1.33 bits per heavy atom. The summed E-state index contributed by atoms with van der Waals surface area (Å²) in [5, 5.41) is 9.45. The first-order valence-corrected chi connectivity index (χ1v) is 4.62. The van der Waals surface area contributed by atoms with E-state index >= 15 is 0 Å². The molecule has 4 nitrogen and oxygen atoms in total. The smallest absolute Gasteiger partial charge is 0.339 e. The van der Waals surface area contributed by atoms with E-state index in [4.69, 9.17) is 4.74 Å². The third-order valence-corrected chi connectivity index (χ3v) is 2.24. The van der Waals surface area contributed by atoms with Gasteiger partial charge in [-0.15, -0.1) is 0 Å². The standard InChI is InChI=1S/C11H14O4/c1-4-7-5-6-8(10(12)14-2)9(7)11(13)15-3/h5-6,12H,4H2,1-3H3/b10-8-. The lowest BCUT2D eigenvalue weighted by Crippen LogP contribution is -2.08. The summed E-state index contributed by atoms with van der Waals surface area (Å²) < 4.78 is 9.35. The van der Waals surface area contributed by atoms with Crippen LogP contribution in [0.1, 0.15) is 13.3 Å². The summed E-state index contributed by atoms with van der Waals surface area (Å²) in [7, 11) is 2.65. The molecule has 0 aromatic heterocycles. The van der Waals surface area contributed by atoms with Crippen LogP contribution in [0.4, 0.5) is 0 Å². The van der Waals surface area contributed by atoms with Crippen LogP contribution in [-0.4, -0.2) is 25.3 Å². The van der Waals surface area contributed by atoms with Crippen molar-refractivity contribution < 1.29 is 19.4 Å². The van der Waals surface area contributed by atoms with Crippen LogP contribution in [0.25, 0.3) is 0 Å². The zero-order valence-corrected chi connectivity index (χ0v) is 9.03. The van der Waals surface area contributed by atoms with Gasteiger partial charge in [-0.2, -0.15) is 0 Å². The van der Waals surface area contributed by atoms with E-state index in [2.05, 4.69) is 4.74 Å². The molecule has 1 aliphatic rings. The predicted octanol–water partition coefficient (Wildman–Crippen LogP) is 1.85. The maximum atomic E-state index is 11.5. The first-order chi connectivity index (χ1) is 7.15. The number of hydrogen-bond acceptors (Lipinski definition) is 4. The predicted molar refractivity (Wildman–Crippen MR) is 55.1 cm³/mol. The van der Waals surface area contributed by atoms with Gasteiger partial charge in [0.15, 0.2) is 0 Å². The van der Waals surface area contributed by atoms with Gasteiger partial charge in [0.25, 0.3) is 5.95 Å². The highest BCUT2D eigenvalue weighted by Crippen LogP contribution is 2.29. The minimum Gasteiger partial charge on any atom is -0.481 e. The number of rotatable bonds is 3. The average molecular weight is 210 g/mol. The van der Waals surface area contributed by atoms with Crippen LogP contribution >= 0.6 is 0 Å². The van der Waals surface area contributed by atoms with Crippen LogP contribution in [0.5, 0.6) is 0 Å². The summed E-state index contributed by atoms with van der Waals surface area (Å²) in [5.41, 5.74) is 1.58. The van der Waals surface area contributed by atoms with Crippen LogP contribution in [0.15, 0.2) is 34.8 Å². The van der Waals surface area contributed by atoms with E-state index in [9.17, 15) is 9.90 Å². The summed E-state index contributed by atoms with van der Waals surface area (Å²) in [6.07, 6.45) is 4.11. The molecule has 0 aromatic carbocycles. The molecular formula is C11H14O4. The van der Waals surface area contributed by atoms with Gasteiger partial charge >= 0.3 is 5.97 Å². The van der Waals surface area contributed by atoms with Crippen molar-refractivity contribution in [2.75, 3.05) is 14.2 Å². The van der Waals surface area contributed by atoms with E-state index < -0.39 is 5.97 Å². The molecule has 0 radical (unpaired) electrons. The summed E-state index contributed by atoms with van der Waals surface area (Å²) in [5.74, 6) is -0.731. The molecule has 0 bridgehead atoms. The molecule has 1 N–H and O–H groups in total. The Balaban J connectivity index is 3.20. The quantitative estimate of drug-likeness (QED) is 0.570. The lowest BCUT2D eigenvalue weighted by molar-refractivity contribution is -0.135. The van der Waals surface area contributed by atoms with Crippen molar-refractivity contribution in [3.8, 4) is 0 Å². The van der Waals surface area contributed by atoms with Crippen molar-refractivity contribution in [2.45, 2.75) is 13.3 Å². The van der Waals surface area contributed by atoms with E-state index in [0.717, 1.165) is 5.57 Å². The Kier molecular flexibility index (Phi) is 3.55. The number of carbonyl (C=O) groups is 1. The Bertz CT molecular complexity index is 361. The molecule has 0 fully saturated rings. The first kappa shape index (κ1) is 11.4. The SMILES string of the molecule is CCC1=C(C(=O)OC)/C(=C(/O)OC)C=C1. The van der Waals surface area contributed by atoms with Crippen molar-refractivity contribution in [3.63, 3.8) is 0 Å². The molecule has 1 aliphatic carbocycles. The van der Waals surface area contributed by atoms with Gasteiger partial charge in [-0.1, -0.05) is 13.0 Å². The van der Waals surface area contributed by atoms with Crippen molar-refractivity contribution in [3.05, 3.63) is 34.8 Å². The Morgan fingerprint density at radius 3 is 2.47 bits per heavy atom. The Hall–Kier alpha value is -1.71. The van der Waals surface area contributed by atoms with E-state index in [1.807, 2.05) is 6.92 Å². The fraction of sp³-hybridized carbons (Fsp3) is 0.364. The summed E-state index contributed by atoms with van der Waals surface area (Å²) >= 11 is 0. The molecule has 0 spiro atoms. The van der Waals surface area contributed by atoms with Crippen molar-refractivity contribution in [1.29, 1.82) is 0 Å². The first-order valence-electron chi connectivity index (χ1n) is 4.62. The Morgan fingerprint density at radius 2 is 2.00 bits per heavy atom. The second kappa shape index (κ2) is 4.68. The summed E-state index contributed by atoms with van der Waals surface area (Å²) in [6.45, 7) is 1.93. The van der Waals surface area contributed by atoms with Gasteiger partial charge in [0, 0.05) is 0 Å². The normalized spacial score (nSPS) is 18.1. The highest BCUT2D eigenvalue weighted by atomic mass is 16.6. The largest absolute Gasteiger partial charge is 0.481 e. The number of aliphatic hydroxyl groups is 1. The highest BCUT2D eigenvalue weighted by Gasteiger charge is 2.25. The Labute approximate surface area is 88.5 Å². The van der Waals surface area contributed by atoms with Gasteiger partial charge in [0.05, 0.1) is 25.4 Å². The zero-order chi connectivity index (χ0) is 11.4. The second-order valence-corrected chi connectivity index (χ2v) is 3.00. The van der Waals surface area contributed by atoms with E-state index in [1.165, 1.54) is 14.2 Å². The monoisotopic (exact) mass is 210 g/mol. The fourth-order valence-corrected chi connectivity index (χ4v) is 1.45. The molecular weight excluding hydrogens is 196 g/mol. The molecule has 0 saturated carbocycles. The third-order valence-electron chi connectivity index (χ3n) is 2.24. The topological polar surface area (TPSA) is 55.8 Å². The van der Waals surface area contributed by atoms with Gasteiger partial charge in [-0.3, -0.25) is 0 Å². The number of hydrogen-bond donors (Lipinski definition) is 1. The lowest BCUT2D eigenvalue weighted by Gasteiger charge is -2.07. The average Bonchev–Trinajstić information content (AvgIpc) is 2.70. The van der Waals surface area contributed by atoms with Crippen molar-refractivity contribution in [2.24, 2.45) is 0 Å². The summed E-state index contributed by atoms with van der Waals surface area (Å²) in [4.78, 5) is 11.5. The maximum Gasteiger partial charge on any atom is 0.339 e. The van der Waals surface area contributed by atoms with Crippen molar-refractivity contribution >= 4 is 5.97 Å². The number of methoxy groups -OCH3 is 2. The second-order valence-electron chi connectivity index (χ2n) is 3.00. The molecule has 0 heterocycles. The van der Waals surface area contributed by atoms with Crippen LogP contribution in [-0.2, 0) is 14.3 Å². The maximum absolute atomic E-state index is 11.5.